The van der Waals surface area contributed by atoms with Gasteiger partial charge in [0.1, 0.15) is 0 Å². The SMILES string of the molecule is Cc1cc(=O)n2c(=O)n1CCCCCN(c1nc(N3CCCCCn4c(C)cc(=O)n(c4=O)CCCCC3)nc(N3CCCCCn4c(C)cc(=O)n(c4=O)CCCCC3)n1)CCCCC2. The molecule has 4 aromatic heterocycles. The van der Waals surface area contributed by atoms with Crippen molar-refractivity contribution in [1.29, 1.82) is 0 Å². The summed E-state index contributed by atoms with van der Waals surface area (Å²) in [7, 11) is 0. The van der Waals surface area contributed by atoms with Crippen LogP contribution >= 0.6 is 0 Å². The topological polar surface area (TPSA) is 180 Å². The molecule has 0 amide bonds. The Balaban J connectivity index is 1.16. The summed E-state index contributed by atoms with van der Waals surface area (Å²) < 4.78 is 9.39. The van der Waals surface area contributed by atoms with Crippen molar-refractivity contribution in [2.45, 2.75) is 176 Å². The van der Waals surface area contributed by atoms with Crippen LogP contribution in [-0.4, -0.2) is 81.6 Å². The molecule has 7 rings (SSSR count). The van der Waals surface area contributed by atoms with Gasteiger partial charge in [0.05, 0.1) is 0 Å². The molecule has 0 atom stereocenters. The molecule has 6 bridgehead atoms. The number of anilines is 3. The average molecular weight is 913 g/mol. The first-order valence-electron chi connectivity index (χ1n) is 24.9. The molecule has 4 aromatic rings. The lowest BCUT2D eigenvalue weighted by molar-refractivity contribution is 0.478. The van der Waals surface area contributed by atoms with Gasteiger partial charge in [0.2, 0.25) is 17.8 Å². The predicted molar refractivity (Wildman–Crippen MR) is 259 cm³/mol. The number of hydrogen-bond donors (Lipinski definition) is 0. The number of hydrogen-bond acceptors (Lipinski definition) is 12. The molecule has 0 spiro atoms. The maximum absolute atomic E-state index is 13.3. The Kier molecular flexibility index (Phi) is 17.1. The fourth-order valence-corrected chi connectivity index (χ4v) is 9.81. The molecular weight excluding hydrogens is 841 g/mol. The highest BCUT2D eigenvalue weighted by Gasteiger charge is 2.22. The van der Waals surface area contributed by atoms with Crippen molar-refractivity contribution >= 4 is 17.8 Å². The fourth-order valence-electron chi connectivity index (χ4n) is 9.81. The molecule has 3 aliphatic heterocycles. The third kappa shape index (κ3) is 12.1. The number of rotatable bonds is 3. The Morgan fingerprint density at radius 2 is 0.485 bits per heavy atom. The molecule has 0 saturated carbocycles. The molecule has 7 heterocycles. The van der Waals surface area contributed by atoms with Gasteiger partial charge in [-0.2, -0.15) is 15.0 Å². The van der Waals surface area contributed by atoms with Crippen molar-refractivity contribution in [3.63, 3.8) is 0 Å². The highest BCUT2D eigenvalue weighted by Crippen LogP contribution is 2.24. The van der Waals surface area contributed by atoms with Crippen LogP contribution in [0.3, 0.4) is 0 Å². The van der Waals surface area contributed by atoms with Gasteiger partial charge in [-0.15, -0.1) is 0 Å². The van der Waals surface area contributed by atoms with Crippen LogP contribution in [0.2, 0.25) is 0 Å². The van der Waals surface area contributed by atoms with E-state index in [4.69, 9.17) is 15.0 Å². The minimum Gasteiger partial charge on any atom is -0.341 e. The Morgan fingerprint density at radius 1 is 0.288 bits per heavy atom. The van der Waals surface area contributed by atoms with Gasteiger partial charge >= 0.3 is 17.1 Å². The molecule has 0 aromatic carbocycles. The Bertz CT molecular complexity index is 2340. The van der Waals surface area contributed by atoms with E-state index in [1.54, 1.807) is 31.9 Å². The smallest absolute Gasteiger partial charge is 0.331 e. The van der Waals surface area contributed by atoms with Crippen LogP contribution < -0.4 is 48.4 Å². The van der Waals surface area contributed by atoms with Gasteiger partial charge in [-0.3, -0.25) is 41.8 Å². The number of aromatic nitrogens is 9. The first-order valence-corrected chi connectivity index (χ1v) is 24.9. The van der Waals surface area contributed by atoms with E-state index in [2.05, 4.69) is 14.7 Å². The molecule has 18 heteroatoms. The monoisotopic (exact) mass is 913 g/mol. The predicted octanol–water partition coefficient (Wildman–Crippen LogP) is 4.35. The second kappa shape index (κ2) is 23.3. The Hall–Kier alpha value is -5.55. The van der Waals surface area contributed by atoms with Crippen molar-refractivity contribution in [3.8, 4) is 0 Å². The third-order valence-corrected chi connectivity index (χ3v) is 13.8. The summed E-state index contributed by atoms with van der Waals surface area (Å²) in [6.45, 7) is 12.8. The lowest BCUT2D eigenvalue weighted by Gasteiger charge is -2.30. The first-order chi connectivity index (χ1) is 32.0. The van der Waals surface area contributed by atoms with Crippen LogP contribution in [0.15, 0.2) is 47.0 Å². The molecule has 0 fully saturated rings. The van der Waals surface area contributed by atoms with Gasteiger partial charge in [-0.25, -0.2) is 14.4 Å². The van der Waals surface area contributed by atoms with E-state index in [0.29, 0.717) is 93.5 Å². The van der Waals surface area contributed by atoms with Gasteiger partial charge in [0.15, 0.2) is 0 Å². The van der Waals surface area contributed by atoms with Gasteiger partial charge in [-0.1, -0.05) is 0 Å². The van der Waals surface area contributed by atoms with Crippen LogP contribution in [0.25, 0.3) is 0 Å². The van der Waals surface area contributed by atoms with Crippen molar-refractivity contribution in [1.82, 2.24) is 42.4 Å². The zero-order valence-electron chi connectivity index (χ0n) is 39.8. The molecule has 3 aliphatic rings. The molecule has 0 radical (unpaired) electrons. The summed E-state index contributed by atoms with van der Waals surface area (Å²) in [5.74, 6) is 1.99. The second-order valence-corrected chi connectivity index (χ2v) is 18.7. The maximum Gasteiger partial charge on any atom is 0.331 e. The van der Waals surface area contributed by atoms with Gasteiger partial charge in [0.25, 0.3) is 16.7 Å². The van der Waals surface area contributed by atoms with E-state index in [-0.39, 0.29) is 33.7 Å². The number of aryl methyl sites for hydroxylation is 3. The van der Waals surface area contributed by atoms with Crippen molar-refractivity contribution in [2.75, 3.05) is 54.0 Å². The van der Waals surface area contributed by atoms with E-state index in [9.17, 15) is 28.8 Å². The summed E-state index contributed by atoms with van der Waals surface area (Å²) in [6.07, 6.45) is 15.0. The van der Waals surface area contributed by atoms with Crippen LogP contribution in [0.5, 0.6) is 0 Å². The summed E-state index contributed by atoms with van der Waals surface area (Å²) in [5.41, 5.74) is 0.755. The van der Waals surface area contributed by atoms with Gasteiger partial charge < -0.3 is 14.7 Å². The summed E-state index contributed by atoms with van der Waals surface area (Å²) in [5, 5.41) is 0. The largest absolute Gasteiger partial charge is 0.341 e. The summed E-state index contributed by atoms with van der Waals surface area (Å²) >= 11 is 0. The van der Waals surface area contributed by atoms with Crippen LogP contribution in [0, 0.1) is 20.8 Å². The molecular formula is C48H72N12O6. The lowest BCUT2D eigenvalue weighted by Crippen LogP contribution is -2.40. The van der Waals surface area contributed by atoms with Gasteiger partial charge in [-0.05, 0) is 136 Å². The maximum atomic E-state index is 13.3. The molecule has 0 unspecified atom stereocenters. The molecule has 0 saturated heterocycles. The molecule has 18 nitrogen and oxygen atoms in total. The number of fused-ring (bicyclic) bond motifs is 6. The highest BCUT2D eigenvalue weighted by atomic mass is 16.2. The molecule has 66 heavy (non-hydrogen) atoms. The molecule has 0 aliphatic carbocycles. The van der Waals surface area contributed by atoms with Crippen LogP contribution in [-0.2, 0) is 39.3 Å². The summed E-state index contributed by atoms with van der Waals surface area (Å²) in [6, 6.07) is 4.75. The van der Waals surface area contributed by atoms with E-state index < -0.39 is 0 Å². The average Bonchev–Trinajstić information content (AvgIpc) is 3.28. The van der Waals surface area contributed by atoms with E-state index in [1.165, 1.54) is 13.7 Å². The van der Waals surface area contributed by atoms with Crippen LogP contribution in [0.4, 0.5) is 17.8 Å². The van der Waals surface area contributed by atoms with E-state index in [0.717, 1.165) is 136 Å². The van der Waals surface area contributed by atoms with Crippen molar-refractivity contribution < 1.29 is 0 Å². The van der Waals surface area contributed by atoms with Crippen molar-refractivity contribution in [3.05, 3.63) is 97.8 Å². The second-order valence-electron chi connectivity index (χ2n) is 18.7. The first kappa shape index (κ1) is 48.4. The van der Waals surface area contributed by atoms with Crippen LogP contribution in [0.1, 0.15) is 133 Å². The van der Waals surface area contributed by atoms with Crippen molar-refractivity contribution in [2.24, 2.45) is 0 Å². The number of nitrogens with zero attached hydrogens (tertiary/aromatic N) is 12. The lowest BCUT2D eigenvalue weighted by atomic mass is 10.2. The minimum absolute atomic E-state index is 0.212. The minimum atomic E-state index is -0.237. The normalized spacial score (nSPS) is 18.5. The molecule has 0 N–H and O–H groups in total. The fraction of sp³-hybridized carbons (Fsp3) is 0.688. The zero-order chi connectivity index (χ0) is 46.6. The third-order valence-electron chi connectivity index (χ3n) is 13.8. The zero-order valence-corrected chi connectivity index (χ0v) is 39.8. The highest BCUT2D eigenvalue weighted by molar-refractivity contribution is 5.47. The van der Waals surface area contributed by atoms with E-state index >= 15 is 0 Å². The van der Waals surface area contributed by atoms with E-state index in [1.807, 2.05) is 20.8 Å². The summed E-state index contributed by atoms with van der Waals surface area (Å²) in [4.78, 5) is 101. The standard InChI is InChI=1S/C48H72N12O6/c1-37-34-40(61)58-31-19-7-13-25-52(22-10-4-16-28-55(37)46(58)64)43-49-44(53-23-11-5-17-29-56-38(2)35-41(62)59(47(56)65)32-20-8-14-26-53)51-45(50-43)54-24-12-6-18-30-57-39(3)36-42(63)60(48(57)66)33-21-9-15-27-54/h34-36H,4-33H2,1-3H3. The molecule has 360 valence electrons. The van der Waals surface area contributed by atoms with Gasteiger partial charge in [0, 0.05) is 114 Å². The quantitative estimate of drug-likeness (QED) is 0.284. The Morgan fingerprint density at radius 3 is 0.712 bits per heavy atom. The Labute approximate surface area is 386 Å².